The molecule has 2 aromatic carbocycles. The highest BCUT2D eigenvalue weighted by Crippen LogP contribution is 2.33. The van der Waals surface area contributed by atoms with Crippen LogP contribution in [-0.2, 0) is 6.18 Å². The van der Waals surface area contributed by atoms with Crippen LogP contribution in [-0.4, -0.2) is 0 Å². The van der Waals surface area contributed by atoms with E-state index >= 15 is 0 Å². The molecule has 95 valence electrons. The fraction of sp³-hybridized carbons (Fsp3) is 0.0714. The lowest BCUT2D eigenvalue weighted by Crippen LogP contribution is -2.05. The Kier molecular flexibility index (Phi) is 3.26. The van der Waals surface area contributed by atoms with Gasteiger partial charge in [0.1, 0.15) is 11.9 Å². The Hall–Kier alpha value is -2.35. The van der Waals surface area contributed by atoms with Crippen LogP contribution in [0, 0.1) is 23.2 Å². The minimum absolute atomic E-state index is 0.127. The third-order valence-electron chi connectivity index (χ3n) is 2.54. The maximum absolute atomic E-state index is 13.4. The molecule has 1 nitrogen and oxygen atoms in total. The Morgan fingerprint density at radius 2 is 1.89 bits per heavy atom. The molecule has 0 heterocycles. The monoisotopic (exact) mass is 264 g/mol. The van der Waals surface area contributed by atoms with Gasteiger partial charge in [-0.25, -0.2) is 4.39 Å². The number of nitrogens with zero attached hydrogens (tertiary/aromatic N) is 1. The van der Waals surface area contributed by atoms with Gasteiger partial charge in [0.2, 0.25) is 0 Å². The molecule has 1 radical (unpaired) electrons. The number of hydrogen-bond donors (Lipinski definition) is 0. The number of halogens is 4. The van der Waals surface area contributed by atoms with Gasteiger partial charge in [-0.3, -0.25) is 0 Å². The van der Waals surface area contributed by atoms with Crippen molar-refractivity contribution in [3.05, 3.63) is 59.4 Å². The van der Waals surface area contributed by atoms with E-state index in [0.717, 1.165) is 18.2 Å². The van der Waals surface area contributed by atoms with E-state index in [0.29, 0.717) is 0 Å². The third kappa shape index (κ3) is 2.58. The average Bonchev–Trinajstić information content (AvgIpc) is 2.37. The molecular weight excluding hydrogens is 258 g/mol. The van der Waals surface area contributed by atoms with Gasteiger partial charge >= 0.3 is 6.18 Å². The lowest BCUT2D eigenvalue weighted by Gasteiger charge is -2.09. The van der Waals surface area contributed by atoms with Crippen molar-refractivity contribution in [2.24, 2.45) is 0 Å². The topological polar surface area (TPSA) is 23.8 Å². The predicted molar refractivity (Wildman–Crippen MR) is 60.4 cm³/mol. The number of nitriles is 1. The summed E-state index contributed by atoms with van der Waals surface area (Å²) < 4.78 is 51.1. The first kappa shape index (κ1) is 13.1. The zero-order valence-corrected chi connectivity index (χ0v) is 9.42. The van der Waals surface area contributed by atoms with E-state index in [2.05, 4.69) is 6.07 Å². The first-order chi connectivity index (χ1) is 8.93. The minimum Gasteiger partial charge on any atom is -0.206 e. The fourth-order valence-corrected chi connectivity index (χ4v) is 1.68. The molecule has 0 aliphatic carbocycles. The van der Waals surface area contributed by atoms with E-state index in [9.17, 15) is 17.6 Å². The standard InChI is InChI=1S/C14H6F4N/c15-13-6-2-5-11(12(13)8-19)9-3-1-4-10(7-9)14(16,17)18/h1-3,5-7H. The average molecular weight is 264 g/mol. The molecule has 2 aromatic rings. The van der Waals surface area contributed by atoms with Crippen LogP contribution in [0.5, 0.6) is 0 Å². The summed E-state index contributed by atoms with van der Waals surface area (Å²) in [5.41, 5.74) is -0.982. The lowest BCUT2D eigenvalue weighted by atomic mass is 9.98. The summed E-state index contributed by atoms with van der Waals surface area (Å²) in [6.45, 7) is 0. The second kappa shape index (κ2) is 4.73. The molecule has 2 rings (SSSR count). The molecule has 5 heteroatoms. The van der Waals surface area contributed by atoms with Gasteiger partial charge in [-0.15, -0.1) is 0 Å². The van der Waals surface area contributed by atoms with Crippen LogP contribution >= 0.6 is 0 Å². The van der Waals surface area contributed by atoms with Crippen molar-refractivity contribution >= 4 is 0 Å². The lowest BCUT2D eigenvalue weighted by molar-refractivity contribution is -0.137. The molecule has 0 N–H and O–H groups in total. The van der Waals surface area contributed by atoms with Gasteiger partial charge in [-0.2, -0.15) is 18.4 Å². The highest BCUT2D eigenvalue weighted by molar-refractivity contribution is 5.71. The molecule has 0 unspecified atom stereocenters. The first-order valence-corrected chi connectivity index (χ1v) is 5.21. The SMILES string of the molecule is N#Cc1c(F)cccc1-c1cc[c]c(C(F)(F)F)c1. The number of hydrogen-bond acceptors (Lipinski definition) is 1. The molecule has 0 bridgehead atoms. The number of benzene rings is 2. The van der Waals surface area contributed by atoms with Gasteiger partial charge in [0.15, 0.2) is 0 Å². The Labute approximate surface area is 106 Å². The molecule has 0 aliphatic heterocycles. The van der Waals surface area contributed by atoms with Gasteiger partial charge < -0.3 is 0 Å². The third-order valence-corrected chi connectivity index (χ3v) is 2.54. The van der Waals surface area contributed by atoms with Gasteiger partial charge in [0, 0.05) is 5.56 Å². The second-order valence-electron chi connectivity index (χ2n) is 3.76. The highest BCUT2D eigenvalue weighted by atomic mass is 19.4. The fourth-order valence-electron chi connectivity index (χ4n) is 1.68. The van der Waals surface area contributed by atoms with Crippen molar-refractivity contribution < 1.29 is 17.6 Å². The predicted octanol–water partition coefficient (Wildman–Crippen LogP) is 4.18. The second-order valence-corrected chi connectivity index (χ2v) is 3.76. The highest BCUT2D eigenvalue weighted by Gasteiger charge is 2.31. The van der Waals surface area contributed by atoms with E-state index in [4.69, 9.17) is 5.26 Å². The van der Waals surface area contributed by atoms with E-state index in [1.54, 1.807) is 6.07 Å². The van der Waals surface area contributed by atoms with Crippen LogP contribution in [0.3, 0.4) is 0 Å². The molecule has 0 saturated carbocycles. The maximum atomic E-state index is 13.4. The number of alkyl halides is 3. The Bertz CT molecular complexity index is 653. The molecule has 0 aromatic heterocycles. The van der Waals surface area contributed by atoms with Crippen molar-refractivity contribution in [3.8, 4) is 17.2 Å². The number of rotatable bonds is 1. The van der Waals surface area contributed by atoms with Crippen molar-refractivity contribution in [1.82, 2.24) is 0 Å². The molecule has 19 heavy (non-hydrogen) atoms. The largest absolute Gasteiger partial charge is 0.417 e. The van der Waals surface area contributed by atoms with Crippen LogP contribution in [0.1, 0.15) is 11.1 Å². The quantitative estimate of drug-likeness (QED) is 0.709. The van der Waals surface area contributed by atoms with Crippen LogP contribution in [0.15, 0.2) is 36.4 Å². The van der Waals surface area contributed by atoms with Crippen molar-refractivity contribution in [2.45, 2.75) is 6.18 Å². The van der Waals surface area contributed by atoms with Gasteiger partial charge in [0.25, 0.3) is 0 Å². The molecular formula is C14H6F4N. The van der Waals surface area contributed by atoms with E-state index in [1.807, 2.05) is 0 Å². The summed E-state index contributed by atoms with van der Waals surface area (Å²) in [4.78, 5) is 0. The van der Waals surface area contributed by atoms with Crippen molar-refractivity contribution in [3.63, 3.8) is 0 Å². The van der Waals surface area contributed by atoms with Crippen LogP contribution in [0.4, 0.5) is 17.6 Å². The molecule has 0 amide bonds. The summed E-state index contributed by atoms with van der Waals surface area (Å²) in [5.74, 6) is -0.763. The molecule has 0 fully saturated rings. The summed E-state index contributed by atoms with van der Waals surface area (Å²) in [6, 6.07) is 10.8. The first-order valence-electron chi connectivity index (χ1n) is 5.21. The maximum Gasteiger partial charge on any atom is 0.417 e. The Morgan fingerprint density at radius 3 is 2.53 bits per heavy atom. The molecule has 0 atom stereocenters. The molecule has 0 spiro atoms. The Morgan fingerprint density at radius 1 is 1.16 bits per heavy atom. The zero-order valence-electron chi connectivity index (χ0n) is 9.42. The van der Waals surface area contributed by atoms with Gasteiger partial charge in [-0.1, -0.05) is 24.3 Å². The van der Waals surface area contributed by atoms with E-state index in [1.165, 1.54) is 18.2 Å². The van der Waals surface area contributed by atoms with Crippen LogP contribution in [0.25, 0.3) is 11.1 Å². The Balaban J connectivity index is 2.61. The van der Waals surface area contributed by atoms with Gasteiger partial charge in [-0.05, 0) is 23.8 Å². The minimum atomic E-state index is -4.53. The molecule has 0 aliphatic rings. The summed E-state index contributed by atoms with van der Waals surface area (Å²) in [5, 5.41) is 8.87. The molecule has 0 saturated heterocycles. The summed E-state index contributed by atoms with van der Waals surface area (Å²) in [7, 11) is 0. The van der Waals surface area contributed by atoms with Crippen molar-refractivity contribution in [1.29, 1.82) is 5.26 Å². The normalized spacial score (nSPS) is 11.1. The van der Waals surface area contributed by atoms with E-state index in [-0.39, 0.29) is 16.7 Å². The summed E-state index contributed by atoms with van der Waals surface area (Å²) in [6.07, 6.45) is -4.53. The smallest absolute Gasteiger partial charge is 0.206 e. The van der Waals surface area contributed by atoms with E-state index < -0.39 is 17.6 Å². The van der Waals surface area contributed by atoms with Gasteiger partial charge in [0.05, 0.1) is 11.1 Å². The van der Waals surface area contributed by atoms with Crippen LogP contribution < -0.4 is 0 Å². The van der Waals surface area contributed by atoms with Crippen molar-refractivity contribution in [2.75, 3.05) is 0 Å². The zero-order chi connectivity index (χ0) is 14.0. The summed E-state index contributed by atoms with van der Waals surface area (Å²) >= 11 is 0. The van der Waals surface area contributed by atoms with Crippen LogP contribution in [0.2, 0.25) is 0 Å².